The number of para-hydroxylation sites is 2. The van der Waals surface area contributed by atoms with Crippen LogP contribution in [0.15, 0.2) is 139 Å². The van der Waals surface area contributed by atoms with Gasteiger partial charge in [-0.25, -0.2) is 9.59 Å². The molecule has 0 fully saturated rings. The Balaban J connectivity index is 0.000000189. The standard InChI is InChI=1S/C34H29NO2.C9H8N2.C9H8O4/c1-21-7-5-10-26(22(21)2)34(37)35-25-16-13-24(14-17-25)33(36)32-12-6-11-28-30-18-15-23-8-3-4-9-27(23)29(30)19-20-31(28)32;1-2-5-9-8(4-1)10-6-3-7-11-9;1-5-2-6(8(10)11)4-7(3-5)9(12)13/h3-5,7-10,13-17,19-20H,6,11-12,18H2,1-2H3,(H,35,37);1-7,10H;2-4H,1H3,(H,10,11)(H,12,13). The third-order valence-electron chi connectivity index (χ3n) is 11.0. The van der Waals surface area contributed by atoms with E-state index >= 15 is 0 Å². The molecular weight excluding hydrogens is 763 g/mol. The zero-order valence-electron chi connectivity index (χ0n) is 34.2. The first-order chi connectivity index (χ1) is 29.5. The van der Waals surface area contributed by atoms with Gasteiger partial charge in [0, 0.05) is 34.8 Å². The van der Waals surface area contributed by atoms with Gasteiger partial charge in [0.25, 0.3) is 5.91 Å². The Morgan fingerprint density at radius 2 is 1.38 bits per heavy atom. The van der Waals surface area contributed by atoms with E-state index in [1.165, 1.54) is 38.9 Å². The van der Waals surface area contributed by atoms with Crippen LogP contribution < -0.4 is 21.1 Å². The normalized spacial score (nSPS) is 12.7. The van der Waals surface area contributed by atoms with Crippen LogP contribution in [-0.2, 0) is 12.8 Å². The fourth-order valence-electron chi connectivity index (χ4n) is 7.81. The Hall–Kier alpha value is -7.65. The zero-order valence-corrected chi connectivity index (χ0v) is 34.2. The number of allylic oxidation sites excluding steroid dienone is 1. The summed E-state index contributed by atoms with van der Waals surface area (Å²) in [5, 5.41) is 28.3. The molecule has 6 aromatic carbocycles. The first-order valence-corrected chi connectivity index (χ1v) is 20.1. The molecule has 0 saturated heterocycles. The van der Waals surface area contributed by atoms with Crippen LogP contribution in [0.5, 0.6) is 0 Å². The SMILES string of the molecule is C1=CNc2ccccc2N=C1.Cc1cc(C(=O)O)cc(C(=O)O)c1.Cc1cccc(C(=O)Nc2ccc(C(=O)C3=c4ccc5c(c4CCC3)CC=c3ccccc3=5)cc2)c1C. The molecule has 61 heavy (non-hydrogen) atoms. The number of nitrogens with one attached hydrogen (secondary N) is 2. The molecule has 0 aromatic heterocycles. The number of carbonyl (C=O) groups excluding carboxylic acids is 2. The van der Waals surface area contributed by atoms with Crippen molar-refractivity contribution >= 4 is 58.6 Å². The Morgan fingerprint density at radius 3 is 2.13 bits per heavy atom. The van der Waals surface area contributed by atoms with Crippen LogP contribution >= 0.6 is 0 Å². The molecule has 1 heterocycles. The average molecular weight is 808 g/mol. The number of ketones is 1. The van der Waals surface area contributed by atoms with Gasteiger partial charge in [0.2, 0.25) is 0 Å². The predicted molar refractivity (Wildman–Crippen MR) is 241 cm³/mol. The molecule has 6 aromatic rings. The van der Waals surface area contributed by atoms with E-state index in [1.807, 2.05) is 92.9 Å². The third kappa shape index (κ3) is 9.47. The molecule has 2 aliphatic carbocycles. The number of carboxylic acids is 2. The number of fused-ring (bicyclic) bond motifs is 5. The van der Waals surface area contributed by atoms with E-state index in [2.05, 4.69) is 58.1 Å². The van der Waals surface area contributed by atoms with Gasteiger partial charge in [-0.15, -0.1) is 0 Å². The molecule has 9 nitrogen and oxygen atoms in total. The minimum Gasteiger partial charge on any atom is -0.478 e. The Labute approximate surface area is 353 Å². The lowest BCUT2D eigenvalue weighted by Crippen LogP contribution is -2.25. The summed E-state index contributed by atoms with van der Waals surface area (Å²) in [6.45, 7) is 5.61. The molecule has 3 aliphatic rings. The van der Waals surface area contributed by atoms with Crippen LogP contribution in [0.4, 0.5) is 17.1 Å². The number of rotatable bonds is 6. The second-order valence-electron chi connectivity index (χ2n) is 15.1. The summed E-state index contributed by atoms with van der Waals surface area (Å²) in [4.78, 5) is 51.7. The molecule has 0 radical (unpaired) electrons. The molecule has 9 rings (SSSR count). The quantitative estimate of drug-likeness (QED) is 0.123. The third-order valence-corrected chi connectivity index (χ3v) is 11.0. The number of hydrogen-bond donors (Lipinski definition) is 4. The van der Waals surface area contributed by atoms with Crippen molar-refractivity contribution in [1.82, 2.24) is 0 Å². The number of nitrogens with zero attached hydrogens (tertiary/aromatic N) is 1. The smallest absolute Gasteiger partial charge is 0.335 e. The summed E-state index contributed by atoms with van der Waals surface area (Å²) >= 11 is 0. The summed E-state index contributed by atoms with van der Waals surface area (Å²) in [5.74, 6) is -2.30. The number of anilines is 2. The number of carbonyl (C=O) groups is 4. The summed E-state index contributed by atoms with van der Waals surface area (Å²) in [6.07, 6.45) is 11.5. The lowest BCUT2D eigenvalue weighted by Gasteiger charge is -2.20. The lowest BCUT2D eigenvalue weighted by atomic mass is 9.84. The number of carboxylic acid groups (broad SMARTS) is 2. The van der Waals surface area contributed by atoms with Crippen molar-refractivity contribution in [2.45, 2.75) is 46.5 Å². The number of amides is 1. The van der Waals surface area contributed by atoms with E-state index in [1.54, 1.807) is 13.1 Å². The van der Waals surface area contributed by atoms with Crippen LogP contribution in [0, 0.1) is 31.2 Å². The van der Waals surface area contributed by atoms with Crippen LogP contribution in [-0.4, -0.2) is 40.1 Å². The van der Waals surface area contributed by atoms with Crippen LogP contribution in [0.3, 0.4) is 0 Å². The maximum absolute atomic E-state index is 13.6. The molecule has 4 N–H and O–H groups in total. The number of Topliss-reactive ketones (excluding diaryl/α,β-unsaturated/α-hetero) is 1. The molecule has 304 valence electrons. The Morgan fingerprint density at radius 1 is 0.672 bits per heavy atom. The van der Waals surface area contributed by atoms with Gasteiger partial charge in [-0.05, 0) is 162 Å². The number of aryl methyl sites for hydroxylation is 2. The first kappa shape index (κ1) is 41.5. The summed E-state index contributed by atoms with van der Waals surface area (Å²) in [6, 6.07) is 37.8. The highest BCUT2D eigenvalue weighted by Crippen LogP contribution is 2.26. The molecule has 0 spiro atoms. The topological polar surface area (TPSA) is 145 Å². The minimum atomic E-state index is -1.12. The first-order valence-electron chi connectivity index (χ1n) is 20.1. The van der Waals surface area contributed by atoms with Gasteiger partial charge < -0.3 is 20.8 Å². The second kappa shape index (κ2) is 18.5. The Kier molecular flexibility index (Phi) is 12.6. The fourth-order valence-corrected chi connectivity index (χ4v) is 7.81. The molecule has 1 aliphatic heterocycles. The van der Waals surface area contributed by atoms with Gasteiger partial charge in [0.05, 0.1) is 22.5 Å². The van der Waals surface area contributed by atoms with E-state index in [0.717, 1.165) is 65.0 Å². The molecular formula is C52H45N3O6. The van der Waals surface area contributed by atoms with E-state index in [-0.39, 0.29) is 22.8 Å². The van der Waals surface area contributed by atoms with Crippen molar-refractivity contribution in [2.24, 2.45) is 4.99 Å². The van der Waals surface area contributed by atoms with Crippen molar-refractivity contribution < 1.29 is 29.4 Å². The van der Waals surface area contributed by atoms with Crippen molar-refractivity contribution in [3.8, 4) is 0 Å². The van der Waals surface area contributed by atoms with Crippen molar-refractivity contribution in [1.29, 1.82) is 0 Å². The molecule has 0 unspecified atom stereocenters. The van der Waals surface area contributed by atoms with E-state index in [9.17, 15) is 19.2 Å². The lowest BCUT2D eigenvalue weighted by molar-refractivity contribution is 0.0696. The minimum absolute atomic E-state index is 0.00241. The van der Waals surface area contributed by atoms with Crippen molar-refractivity contribution in [3.63, 3.8) is 0 Å². The maximum Gasteiger partial charge on any atom is 0.335 e. The average Bonchev–Trinajstić information content (AvgIpc) is 3.53. The van der Waals surface area contributed by atoms with E-state index < -0.39 is 11.9 Å². The summed E-state index contributed by atoms with van der Waals surface area (Å²) in [7, 11) is 0. The number of hydrogen-bond acceptors (Lipinski definition) is 6. The van der Waals surface area contributed by atoms with Crippen molar-refractivity contribution in [2.75, 3.05) is 10.6 Å². The highest BCUT2D eigenvalue weighted by molar-refractivity contribution is 6.24. The number of aliphatic imine (C=N–C) groups is 1. The maximum atomic E-state index is 13.6. The molecule has 0 atom stereocenters. The van der Waals surface area contributed by atoms with Gasteiger partial charge in [-0.1, -0.05) is 66.7 Å². The van der Waals surface area contributed by atoms with E-state index in [4.69, 9.17) is 10.2 Å². The summed E-state index contributed by atoms with van der Waals surface area (Å²) < 4.78 is 0. The highest BCUT2D eigenvalue weighted by atomic mass is 16.4. The molecule has 9 heteroatoms. The number of aromatic carboxylic acids is 2. The van der Waals surface area contributed by atoms with Crippen LogP contribution in [0.2, 0.25) is 0 Å². The zero-order chi connectivity index (χ0) is 43.0. The van der Waals surface area contributed by atoms with Gasteiger partial charge in [0.15, 0.2) is 5.78 Å². The highest BCUT2D eigenvalue weighted by Gasteiger charge is 2.21. The summed E-state index contributed by atoms with van der Waals surface area (Å²) in [5.41, 5.74) is 10.3. The van der Waals surface area contributed by atoms with Gasteiger partial charge >= 0.3 is 11.9 Å². The van der Waals surface area contributed by atoms with Crippen molar-refractivity contribution in [3.05, 3.63) is 205 Å². The van der Waals surface area contributed by atoms with Gasteiger partial charge in [0.1, 0.15) is 0 Å². The number of benzene rings is 6. The second-order valence-corrected chi connectivity index (χ2v) is 15.1. The Bertz CT molecular complexity index is 2970. The molecule has 0 saturated carbocycles. The largest absolute Gasteiger partial charge is 0.478 e. The van der Waals surface area contributed by atoms with Crippen LogP contribution in [0.1, 0.15) is 82.1 Å². The van der Waals surface area contributed by atoms with Crippen LogP contribution in [0.25, 0.3) is 11.6 Å². The molecule has 1 amide bonds. The van der Waals surface area contributed by atoms with Gasteiger partial charge in [-0.3, -0.25) is 14.6 Å². The van der Waals surface area contributed by atoms with E-state index in [0.29, 0.717) is 22.4 Å². The molecule has 0 bridgehead atoms. The predicted octanol–water partition coefficient (Wildman–Crippen LogP) is 9.27. The monoisotopic (exact) mass is 807 g/mol. The van der Waals surface area contributed by atoms with Gasteiger partial charge in [-0.2, -0.15) is 0 Å². The fraction of sp³-hybridized carbons (Fsp3) is 0.135.